The molecule has 0 bridgehead atoms. The quantitative estimate of drug-likeness (QED) is 0.288. The molecule has 0 saturated heterocycles. The highest BCUT2D eigenvalue weighted by atomic mass is 14.1. The number of benzene rings is 1. The van der Waals surface area contributed by atoms with Crippen LogP contribution in [0.5, 0.6) is 0 Å². The van der Waals surface area contributed by atoms with Crippen LogP contribution in [0.1, 0.15) is 52.0 Å². The molecule has 0 fully saturated rings. The lowest BCUT2D eigenvalue weighted by molar-refractivity contribution is 0.545. The molecule has 0 amide bonds. The van der Waals surface area contributed by atoms with Gasteiger partial charge in [-0.05, 0) is 68.6 Å². The van der Waals surface area contributed by atoms with E-state index in [-0.39, 0.29) is 0 Å². The van der Waals surface area contributed by atoms with Gasteiger partial charge in [0.05, 0.1) is 0 Å². The van der Waals surface area contributed by atoms with Crippen LogP contribution in [0.4, 0.5) is 0 Å². The van der Waals surface area contributed by atoms with Crippen molar-refractivity contribution in [1.29, 1.82) is 0 Å². The third-order valence-electron chi connectivity index (χ3n) is 4.37. The Morgan fingerprint density at radius 3 is 2.16 bits per heavy atom. The third-order valence-corrected chi connectivity index (χ3v) is 4.37. The summed E-state index contributed by atoms with van der Waals surface area (Å²) < 4.78 is 0. The van der Waals surface area contributed by atoms with Crippen LogP contribution in [0.3, 0.4) is 0 Å². The summed E-state index contributed by atoms with van der Waals surface area (Å²) in [6.07, 6.45) is 16.4. The molecule has 0 heterocycles. The Morgan fingerprint density at radius 1 is 0.920 bits per heavy atom. The normalized spacial score (nSPS) is 13.2. The van der Waals surface area contributed by atoms with Gasteiger partial charge in [-0.1, -0.05) is 86.4 Å². The first-order chi connectivity index (χ1) is 12.1. The molecule has 0 aliphatic heterocycles. The molecule has 0 nitrogen and oxygen atoms in total. The Kier molecular flexibility index (Phi) is 10.3. The summed E-state index contributed by atoms with van der Waals surface area (Å²) in [4.78, 5) is 0. The van der Waals surface area contributed by atoms with E-state index in [0.29, 0.717) is 5.92 Å². The molecule has 134 valence electrons. The molecule has 0 aromatic heterocycles. The summed E-state index contributed by atoms with van der Waals surface area (Å²) in [7, 11) is 0. The van der Waals surface area contributed by atoms with Gasteiger partial charge in [0.25, 0.3) is 0 Å². The van der Waals surface area contributed by atoms with Crippen LogP contribution >= 0.6 is 0 Å². The molecule has 0 radical (unpaired) electrons. The van der Waals surface area contributed by atoms with Crippen LogP contribution in [0, 0.1) is 5.92 Å². The summed E-state index contributed by atoms with van der Waals surface area (Å²) in [6, 6.07) is 10.6. The predicted octanol–water partition coefficient (Wildman–Crippen LogP) is 7.62. The maximum atomic E-state index is 3.99. The van der Waals surface area contributed by atoms with E-state index in [4.69, 9.17) is 0 Å². The smallest absolute Gasteiger partial charge is 0.0233 e. The second-order valence-electron chi connectivity index (χ2n) is 6.95. The molecule has 0 N–H and O–H groups in total. The van der Waals surface area contributed by atoms with Crippen LogP contribution in [-0.4, -0.2) is 0 Å². The summed E-state index contributed by atoms with van der Waals surface area (Å²) in [5.74, 6) is 0.681. The van der Waals surface area contributed by atoms with Crippen LogP contribution in [0.2, 0.25) is 0 Å². The molecule has 25 heavy (non-hydrogen) atoms. The fourth-order valence-electron chi connectivity index (χ4n) is 2.78. The van der Waals surface area contributed by atoms with E-state index in [9.17, 15) is 0 Å². The van der Waals surface area contributed by atoms with Crippen LogP contribution in [0.25, 0.3) is 0 Å². The molecule has 0 spiro atoms. The highest BCUT2D eigenvalue weighted by Gasteiger charge is 2.02. The summed E-state index contributed by atoms with van der Waals surface area (Å²) in [5.41, 5.74) is 5.18. The van der Waals surface area contributed by atoms with Crippen molar-refractivity contribution in [3.8, 4) is 0 Å². The average molecular weight is 335 g/mol. The first-order valence-corrected chi connectivity index (χ1v) is 9.39. The molecule has 1 atom stereocenters. The van der Waals surface area contributed by atoms with Gasteiger partial charge in [0.1, 0.15) is 0 Å². The molecule has 0 heteroatoms. The van der Waals surface area contributed by atoms with Gasteiger partial charge in [0, 0.05) is 0 Å². The molecule has 1 rings (SSSR count). The second-order valence-corrected chi connectivity index (χ2v) is 6.95. The summed E-state index contributed by atoms with van der Waals surface area (Å²) in [6.45, 7) is 14.6. The van der Waals surface area contributed by atoms with Crippen molar-refractivity contribution in [2.45, 2.75) is 52.9 Å². The fraction of sp³-hybridized carbons (Fsp3) is 0.360. The van der Waals surface area contributed by atoms with E-state index in [0.717, 1.165) is 19.3 Å². The zero-order valence-electron chi connectivity index (χ0n) is 16.3. The van der Waals surface area contributed by atoms with Crippen molar-refractivity contribution in [2.24, 2.45) is 5.92 Å². The van der Waals surface area contributed by atoms with Crippen molar-refractivity contribution in [3.05, 3.63) is 96.2 Å². The summed E-state index contributed by atoms with van der Waals surface area (Å²) >= 11 is 0. The minimum Gasteiger partial charge on any atom is -0.0985 e. The Labute approximate surface area is 155 Å². The minimum absolute atomic E-state index is 0.681. The van der Waals surface area contributed by atoms with Gasteiger partial charge in [-0.2, -0.15) is 0 Å². The highest BCUT2D eigenvalue weighted by Crippen LogP contribution is 2.19. The Bertz CT molecular complexity index is 607. The number of rotatable bonds is 11. The lowest BCUT2D eigenvalue weighted by atomic mass is 9.96. The van der Waals surface area contributed by atoms with Gasteiger partial charge in [0.15, 0.2) is 0 Å². The van der Waals surface area contributed by atoms with Crippen LogP contribution in [-0.2, 0) is 6.42 Å². The first kappa shape index (κ1) is 21.0. The Morgan fingerprint density at radius 2 is 1.56 bits per heavy atom. The van der Waals surface area contributed by atoms with E-state index < -0.39 is 0 Å². The lowest BCUT2D eigenvalue weighted by Crippen LogP contribution is -1.94. The van der Waals surface area contributed by atoms with Gasteiger partial charge in [-0.25, -0.2) is 0 Å². The first-order valence-electron chi connectivity index (χ1n) is 9.39. The van der Waals surface area contributed by atoms with Crippen molar-refractivity contribution >= 4 is 0 Å². The van der Waals surface area contributed by atoms with E-state index in [2.05, 4.69) is 82.5 Å². The number of hydrogen-bond donors (Lipinski definition) is 0. The van der Waals surface area contributed by atoms with E-state index >= 15 is 0 Å². The van der Waals surface area contributed by atoms with Crippen molar-refractivity contribution < 1.29 is 0 Å². The van der Waals surface area contributed by atoms with Crippen LogP contribution < -0.4 is 0 Å². The molecule has 0 saturated carbocycles. The third kappa shape index (κ3) is 9.10. The standard InChI is InChI=1S/C25H34/c1-6-24(18-12-17-23-15-9-8-10-16-23)25(7-2)20-19-22(5)14-11-13-21(3)4/h6-10,13,15-16,18,20,22H,1-2,11-12,14,17,19H2,3-5H3/b24-18-,25-20-. The van der Waals surface area contributed by atoms with Crippen molar-refractivity contribution in [3.63, 3.8) is 0 Å². The molecule has 1 aromatic rings. The zero-order chi connectivity index (χ0) is 18.5. The van der Waals surface area contributed by atoms with Gasteiger partial charge < -0.3 is 0 Å². The topological polar surface area (TPSA) is 0 Å². The monoisotopic (exact) mass is 334 g/mol. The minimum atomic E-state index is 0.681. The maximum absolute atomic E-state index is 3.99. The molecule has 0 aliphatic rings. The van der Waals surface area contributed by atoms with E-state index in [1.165, 1.54) is 35.1 Å². The molecule has 0 aliphatic carbocycles. The zero-order valence-corrected chi connectivity index (χ0v) is 16.3. The second kappa shape index (κ2) is 12.3. The van der Waals surface area contributed by atoms with Gasteiger partial charge in [-0.15, -0.1) is 0 Å². The lowest BCUT2D eigenvalue weighted by Gasteiger charge is -2.09. The van der Waals surface area contributed by atoms with Gasteiger partial charge >= 0.3 is 0 Å². The summed E-state index contributed by atoms with van der Waals surface area (Å²) in [5, 5.41) is 0. The molecule has 1 unspecified atom stereocenters. The molecular formula is C25H34. The van der Waals surface area contributed by atoms with E-state index in [1.807, 2.05) is 12.2 Å². The maximum Gasteiger partial charge on any atom is -0.0233 e. The van der Waals surface area contributed by atoms with Crippen molar-refractivity contribution in [2.75, 3.05) is 0 Å². The fourth-order valence-corrected chi connectivity index (χ4v) is 2.78. The number of allylic oxidation sites excluding steroid dienone is 8. The Hall–Kier alpha value is -2.08. The SMILES string of the molecule is C=CC(=C/CCc1ccccc1)/C(C=C)=C\CC(C)CCC=C(C)C. The highest BCUT2D eigenvalue weighted by molar-refractivity contribution is 5.45. The van der Waals surface area contributed by atoms with Gasteiger partial charge in [0.2, 0.25) is 0 Å². The number of aryl methyl sites for hydroxylation is 1. The Balaban J connectivity index is 2.60. The van der Waals surface area contributed by atoms with Crippen molar-refractivity contribution in [1.82, 2.24) is 0 Å². The number of hydrogen-bond acceptors (Lipinski definition) is 0. The van der Waals surface area contributed by atoms with E-state index in [1.54, 1.807) is 0 Å². The van der Waals surface area contributed by atoms with Crippen LogP contribution in [0.15, 0.2) is 90.6 Å². The molecular weight excluding hydrogens is 300 g/mol. The largest absolute Gasteiger partial charge is 0.0985 e. The average Bonchev–Trinajstić information content (AvgIpc) is 2.61. The predicted molar refractivity (Wildman–Crippen MR) is 114 cm³/mol. The van der Waals surface area contributed by atoms with Gasteiger partial charge in [-0.3, -0.25) is 0 Å². The molecule has 1 aromatic carbocycles.